The maximum absolute atomic E-state index is 10.7. The molecular weight excluding hydrogens is 254 g/mol. The van der Waals surface area contributed by atoms with Gasteiger partial charge in [0.1, 0.15) is 0 Å². The first-order valence-corrected chi connectivity index (χ1v) is 6.09. The van der Waals surface area contributed by atoms with E-state index in [0.717, 1.165) is 5.56 Å². The maximum Gasteiger partial charge on any atom is 0.269 e. The highest BCUT2D eigenvalue weighted by Gasteiger charge is 2.14. The van der Waals surface area contributed by atoms with Crippen molar-refractivity contribution in [3.05, 3.63) is 39.9 Å². The minimum atomic E-state index is -0.398. The summed E-state index contributed by atoms with van der Waals surface area (Å²) in [5.74, 6) is 0. The van der Waals surface area contributed by atoms with Crippen LogP contribution in [0.25, 0.3) is 0 Å². The Labute approximate surface area is 107 Å². The van der Waals surface area contributed by atoms with Gasteiger partial charge in [-0.3, -0.25) is 10.1 Å². The molecule has 0 amide bonds. The van der Waals surface area contributed by atoms with E-state index in [9.17, 15) is 10.1 Å². The molecule has 1 unspecified atom stereocenters. The molecular formula is C10H11N5O2S. The summed E-state index contributed by atoms with van der Waals surface area (Å²) < 4.78 is 1.57. The summed E-state index contributed by atoms with van der Waals surface area (Å²) in [5.41, 5.74) is 0.966. The van der Waals surface area contributed by atoms with Crippen LogP contribution in [0.5, 0.6) is 0 Å². The number of non-ortho nitro benzene ring substituents is 1. The summed E-state index contributed by atoms with van der Waals surface area (Å²) in [6.45, 7) is 1.96. The first kappa shape index (κ1) is 12.5. The fourth-order valence-corrected chi connectivity index (χ4v) is 2.31. The molecule has 1 aromatic carbocycles. The van der Waals surface area contributed by atoms with Gasteiger partial charge >= 0.3 is 0 Å². The lowest BCUT2D eigenvalue weighted by Gasteiger charge is -2.09. The number of rotatable bonds is 4. The standard InChI is InChI=1S/C10H11N5O2S/c1-7(18-10-11-12-13-14(10)2)8-4-3-5-9(6-8)15(16)17/h3-7H,1-2H3. The van der Waals surface area contributed by atoms with Crippen LogP contribution in [0.15, 0.2) is 29.4 Å². The van der Waals surface area contributed by atoms with Crippen LogP contribution in [0.2, 0.25) is 0 Å². The molecule has 0 radical (unpaired) electrons. The molecule has 0 saturated carbocycles. The number of nitrogens with zero attached hydrogens (tertiary/aromatic N) is 5. The van der Waals surface area contributed by atoms with Crippen LogP contribution < -0.4 is 0 Å². The Morgan fingerprint density at radius 1 is 1.50 bits per heavy atom. The Balaban J connectivity index is 2.18. The van der Waals surface area contributed by atoms with Crippen molar-refractivity contribution in [1.82, 2.24) is 20.2 Å². The van der Waals surface area contributed by atoms with Gasteiger partial charge < -0.3 is 0 Å². The average molecular weight is 265 g/mol. The maximum atomic E-state index is 10.7. The van der Waals surface area contributed by atoms with E-state index in [1.54, 1.807) is 23.9 Å². The number of aromatic nitrogens is 4. The Morgan fingerprint density at radius 2 is 2.28 bits per heavy atom. The van der Waals surface area contributed by atoms with Crippen molar-refractivity contribution in [2.45, 2.75) is 17.3 Å². The second-order valence-electron chi connectivity index (χ2n) is 3.70. The molecule has 0 N–H and O–H groups in total. The molecule has 0 fully saturated rings. The molecule has 8 heteroatoms. The van der Waals surface area contributed by atoms with Crippen LogP contribution >= 0.6 is 11.8 Å². The zero-order valence-electron chi connectivity index (χ0n) is 9.85. The number of hydrogen-bond acceptors (Lipinski definition) is 6. The SMILES string of the molecule is CC(Sc1nnnn1C)c1cccc([N+](=O)[O-])c1. The summed E-state index contributed by atoms with van der Waals surface area (Å²) in [5, 5.41) is 22.6. The van der Waals surface area contributed by atoms with Gasteiger partial charge in [0.05, 0.1) is 4.92 Å². The third-order valence-corrected chi connectivity index (χ3v) is 3.60. The first-order valence-electron chi connectivity index (χ1n) is 5.21. The van der Waals surface area contributed by atoms with Crippen molar-refractivity contribution in [3.63, 3.8) is 0 Å². The van der Waals surface area contributed by atoms with Crippen LogP contribution in [-0.2, 0) is 7.05 Å². The van der Waals surface area contributed by atoms with Crippen LogP contribution in [0.4, 0.5) is 5.69 Å². The number of aryl methyl sites for hydroxylation is 1. The molecule has 94 valence electrons. The van der Waals surface area contributed by atoms with Gasteiger partial charge in [-0.2, -0.15) is 0 Å². The Bertz CT molecular complexity index is 571. The molecule has 1 atom stereocenters. The third-order valence-electron chi connectivity index (χ3n) is 2.41. The molecule has 0 saturated heterocycles. The summed E-state index contributed by atoms with van der Waals surface area (Å²) in [6, 6.07) is 6.58. The third kappa shape index (κ3) is 2.65. The zero-order chi connectivity index (χ0) is 13.1. The predicted octanol–water partition coefficient (Wildman–Crippen LogP) is 1.97. The van der Waals surface area contributed by atoms with Crippen molar-refractivity contribution in [3.8, 4) is 0 Å². The van der Waals surface area contributed by atoms with Crippen LogP contribution in [0.3, 0.4) is 0 Å². The normalized spacial score (nSPS) is 12.3. The van der Waals surface area contributed by atoms with E-state index in [0.29, 0.717) is 5.16 Å². The zero-order valence-corrected chi connectivity index (χ0v) is 10.7. The highest BCUT2D eigenvalue weighted by molar-refractivity contribution is 7.99. The number of nitro groups is 1. The average Bonchev–Trinajstić information content (AvgIpc) is 2.75. The number of tetrazole rings is 1. The predicted molar refractivity (Wildman–Crippen MR) is 66.2 cm³/mol. The summed E-state index contributed by atoms with van der Waals surface area (Å²) >= 11 is 1.45. The van der Waals surface area contributed by atoms with Crippen LogP contribution in [0, 0.1) is 10.1 Å². The van der Waals surface area contributed by atoms with Crippen molar-refractivity contribution < 1.29 is 4.92 Å². The van der Waals surface area contributed by atoms with E-state index in [1.165, 1.54) is 17.8 Å². The van der Waals surface area contributed by atoms with Gasteiger partial charge in [-0.15, -0.1) is 5.10 Å². The molecule has 0 aliphatic carbocycles. The van der Waals surface area contributed by atoms with Gasteiger partial charge in [0.25, 0.3) is 5.69 Å². The highest BCUT2D eigenvalue weighted by Crippen LogP contribution is 2.34. The topological polar surface area (TPSA) is 86.7 Å². The first-order chi connectivity index (χ1) is 8.58. The van der Waals surface area contributed by atoms with E-state index in [-0.39, 0.29) is 10.9 Å². The molecule has 0 bridgehead atoms. The Morgan fingerprint density at radius 3 is 2.89 bits per heavy atom. The molecule has 18 heavy (non-hydrogen) atoms. The van der Waals surface area contributed by atoms with Gasteiger partial charge in [-0.1, -0.05) is 23.9 Å². The monoisotopic (exact) mass is 265 g/mol. The van der Waals surface area contributed by atoms with Gasteiger partial charge in [0, 0.05) is 24.4 Å². The van der Waals surface area contributed by atoms with E-state index < -0.39 is 4.92 Å². The van der Waals surface area contributed by atoms with Crippen molar-refractivity contribution >= 4 is 17.4 Å². The minimum Gasteiger partial charge on any atom is -0.258 e. The largest absolute Gasteiger partial charge is 0.269 e. The Hall–Kier alpha value is -1.96. The van der Waals surface area contributed by atoms with Gasteiger partial charge in [0.15, 0.2) is 0 Å². The number of benzene rings is 1. The molecule has 0 aliphatic rings. The van der Waals surface area contributed by atoms with E-state index in [2.05, 4.69) is 15.5 Å². The van der Waals surface area contributed by atoms with E-state index in [1.807, 2.05) is 13.0 Å². The summed E-state index contributed by atoms with van der Waals surface area (Å²) in [4.78, 5) is 10.3. The second-order valence-corrected chi connectivity index (χ2v) is 5.01. The molecule has 1 heterocycles. The molecule has 2 aromatic rings. The molecule has 0 aliphatic heterocycles. The lowest BCUT2D eigenvalue weighted by molar-refractivity contribution is -0.384. The summed E-state index contributed by atoms with van der Waals surface area (Å²) in [6.07, 6.45) is 0. The number of hydrogen-bond donors (Lipinski definition) is 0. The van der Waals surface area contributed by atoms with Gasteiger partial charge in [-0.05, 0) is 22.9 Å². The van der Waals surface area contributed by atoms with Gasteiger partial charge in [-0.25, -0.2) is 4.68 Å². The van der Waals surface area contributed by atoms with Gasteiger partial charge in [0.2, 0.25) is 5.16 Å². The fourth-order valence-electron chi connectivity index (χ4n) is 1.44. The molecule has 1 aromatic heterocycles. The quantitative estimate of drug-likeness (QED) is 0.477. The second kappa shape index (κ2) is 5.13. The lowest BCUT2D eigenvalue weighted by Crippen LogP contribution is -1.97. The van der Waals surface area contributed by atoms with Crippen molar-refractivity contribution in [2.24, 2.45) is 7.05 Å². The van der Waals surface area contributed by atoms with Crippen LogP contribution in [-0.4, -0.2) is 25.1 Å². The summed E-state index contributed by atoms with van der Waals surface area (Å²) in [7, 11) is 1.75. The minimum absolute atomic E-state index is 0.0367. The van der Waals surface area contributed by atoms with Crippen molar-refractivity contribution in [1.29, 1.82) is 0 Å². The van der Waals surface area contributed by atoms with Crippen molar-refractivity contribution in [2.75, 3.05) is 0 Å². The van der Waals surface area contributed by atoms with E-state index in [4.69, 9.17) is 0 Å². The number of thioether (sulfide) groups is 1. The lowest BCUT2D eigenvalue weighted by atomic mass is 10.1. The molecule has 7 nitrogen and oxygen atoms in total. The Kier molecular flexibility index (Phi) is 3.56. The smallest absolute Gasteiger partial charge is 0.258 e. The number of nitro benzene ring substituents is 1. The molecule has 2 rings (SSSR count). The fraction of sp³-hybridized carbons (Fsp3) is 0.300. The highest BCUT2D eigenvalue weighted by atomic mass is 32.2. The molecule has 0 spiro atoms. The van der Waals surface area contributed by atoms with E-state index >= 15 is 0 Å². The van der Waals surface area contributed by atoms with Crippen LogP contribution in [0.1, 0.15) is 17.7 Å².